The summed E-state index contributed by atoms with van der Waals surface area (Å²) >= 11 is 0. The lowest BCUT2D eigenvalue weighted by atomic mass is 10.3. The average Bonchev–Trinajstić information content (AvgIpc) is 1.98. The van der Waals surface area contributed by atoms with E-state index in [1.165, 1.54) is 0 Å². The molecule has 0 fully saturated rings. The van der Waals surface area contributed by atoms with E-state index in [1.807, 2.05) is 0 Å². The summed E-state index contributed by atoms with van der Waals surface area (Å²) in [6.45, 7) is 0. The molecule has 0 spiro atoms. The van der Waals surface area contributed by atoms with Crippen molar-refractivity contribution in [2.24, 2.45) is 0 Å². The fraction of sp³-hybridized carbons (Fsp3) is 0.600. The Morgan fingerprint density at radius 3 is 2.38 bits per heavy atom. The van der Waals surface area contributed by atoms with Gasteiger partial charge in [0.15, 0.2) is 5.83 Å². The van der Waals surface area contributed by atoms with Crippen molar-refractivity contribution in [1.82, 2.24) is 0 Å². The second-order valence-electron chi connectivity index (χ2n) is 1.85. The van der Waals surface area contributed by atoms with Crippen LogP contribution in [-0.2, 0) is 0 Å². The second-order valence-corrected chi connectivity index (χ2v) is 1.85. The molecular formula is C5H7FO2. The normalized spacial score (nSPS) is 29.5. The molecule has 0 amide bonds. The van der Waals surface area contributed by atoms with Crippen LogP contribution in [0, 0.1) is 0 Å². The van der Waals surface area contributed by atoms with Gasteiger partial charge in [-0.05, 0) is 6.42 Å². The first-order chi connectivity index (χ1) is 3.72. The molecule has 2 N–H and O–H groups in total. The Balaban J connectivity index is 2.71. The van der Waals surface area contributed by atoms with Crippen LogP contribution in [-0.4, -0.2) is 16.3 Å². The van der Waals surface area contributed by atoms with Crippen molar-refractivity contribution in [3.05, 3.63) is 11.6 Å². The van der Waals surface area contributed by atoms with Crippen molar-refractivity contribution >= 4 is 0 Å². The smallest absolute Gasteiger partial charge is 0.166 e. The largest absolute Gasteiger partial charge is 0.510 e. The van der Waals surface area contributed by atoms with Crippen molar-refractivity contribution in [3.63, 3.8) is 0 Å². The van der Waals surface area contributed by atoms with E-state index in [0.717, 1.165) is 0 Å². The first-order valence-corrected chi connectivity index (χ1v) is 2.47. The van der Waals surface area contributed by atoms with Gasteiger partial charge in [-0.1, -0.05) is 0 Å². The number of allylic oxidation sites excluding steroid dienone is 1. The van der Waals surface area contributed by atoms with Gasteiger partial charge in [0.1, 0.15) is 11.9 Å². The monoisotopic (exact) mass is 118 g/mol. The van der Waals surface area contributed by atoms with Gasteiger partial charge in [0.25, 0.3) is 0 Å². The molecule has 1 aliphatic rings. The molecule has 1 aliphatic carbocycles. The van der Waals surface area contributed by atoms with Crippen molar-refractivity contribution in [2.45, 2.75) is 18.9 Å². The zero-order chi connectivity index (χ0) is 6.15. The molecule has 1 unspecified atom stereocenters. The fourth-order valence-electron chi connectivity index (χ4n) is 0.712. The molecule has 1 atom stereocenters. The maximum absolute atomic E-state index is 12.1. The molecule has 0 aromatic heterocycles. The molecule has 3 heteroatoms. The topological polar surface area (TPSA) is 40.5 Å². The summed E-state index contributed by atoms with van der Waals surface area (Å²) in [4.78, 5) is 0. The van der Waals surface area contributed by atoms with E-state index < -0.39 is 11.9 Å². The van der Waals surface area contributed by atoms with E-state index in [2.05, 4.69) is 0 Å². The molecule has 0 aromatic carbocycles. The Labute approximate surface area is 46.3 Å². The summed E-state index contributed by atoms with van der Waals surface area (Å²) in [5.41, 5.74) is 0. The molecule has 0 heterocycles. The lowest BCUT2D eigenvalue weighted by Gasteiger charge is -1.93. The maximum atomic E-state index is 12.1. The van der Waals surface area contributed by atoms with Gasteiger partial charge in [-0.2, -0.15) is 0 Å². The highest BCUT2D eigenvalue weighted by Crippen LogP contribution is 2.24. The molecule has 2 nitrogen and oxygen atoms in total. The van der Waals surface area contributed by atoms with Gasteiger partial charge in [0.05, 0.1) is 0 Å². The van der Waals surface area contributed by atoms with E-state index in [-0.39, 0.29) is 12.2 Å². The Morgan fingerprint density at radius 2 is 2.25 bits per heavy atom. The predicted molar refractivity (Wildman–Crippen MR) is 26.0 cm³/mol. The lowest BCUT2D eigenvalue weighted by Crippen LogP contribution is -1.99. The molecule has 0 saturated heterocycles. The molecule has 0 aromatic rings. The number of aliphatic hydroxyl groups excluding tert-OH is 2. The molecule has 0 aliphatic heterocycles. The minimum Gasteiger partial charge on any atom is -0.510 e. The Bertz CT molecular complexity index is 130. The summed E-state index contributed by atoms with van der Waals surface area (Å²) in [6, 6.07) is 0. The van der Waals surface area contributed by atoms with E-state index in [4.69, 9.17) is 10.2 Å². The Hall–Kier alpha value is -0.570. The van der Waals surface area contributed by atoms with Crippen LogP contribution in [0.15, 0.2) is 11.6 Å². The number of rotatable bonds is 0. The van der Waals surface area contributed by atoms with Crippen LogP contribution in [0.1, 0.15) is 12.8 Å². The Morgan fingerprint density at radius 1 is 1.62 bits per heavy atom. The molecule has 0 radical (unpaired) electrons. The highest BCUT2D eigenvalue weighted by molar-refractivity contribution is 5.10. The molecule has 0 bridgehead atoms. The van der Waals surface area contributed by atoms with Gasteiger partial charge in [0, 0.05) is 6.42 Å². The van der Waals surface area contributed by atoms with Gasteiger partial charge in [-0.25, -0.2) is 4.39 Å². The standard InChI is InChI=1S/C5H7FO2/c6-5-3(7)1-2-4(5)8/h3,7-8H,1-2H2. The number of aliphatic hydroxyl groups is 2. The van der Waals surface area contributed by atoms with Crippen LogP contribution in [0.25, 0.3) is 0 Å². The van der Waals surface area contributed by atoms with Crippen molar-refractivity contribution in [3.8, 4) is 0 Å². The van der Waals surface area contributed by atoms with Crippen LogP contribution < -0.4 is 0 Å². The second kappa shape index (κ2) is 1.74. The van der Waals surface area contributed by atoms with E-state index in [1.54, 1.807) is 0 Å². The van der Waals surface area contributed by atoms with Crippen LogP contribution >= 0.6 is 0 Å². The summed E-state index contributed by atoms with van der Waals surface area (Å²) < 4.78 is 12.1. The SMILES string of the molecule is OC1=C(F)C(O)CC1. The Kier molecular flexibility index (Phi) is 1.21. The van der Waals surface area contributed by atoms with Gasteiger partial charge in [-0.3, -0.25) is 0 Å². The molecule has 46 valence electrons. The van der Waals surface area contributed by atoms with Crippen molar-refractivity contribution < 1.29 is 14.6 Å². The highest BCUT2D eigenvalue weighted by Gasteiger charge is 2.22. The fourth-order valence-corrected chi connectivity index (χ4v) is 0.712. The predicted octanol–water partition coefficient (Wildman–Crippen LogP) is 0.880. The average molecular weight is 118 g/mol. The quantitative estimate of drug-likeness (QED) is 0.495. The first kappa shape index (κ1) is 5.56. The van der Waals surface area contributed by atoms with Crippen molar-refractivity contribution in [1.29, 1.82) is 0 Å². The maximum Gasteiger partial charge on any atom is 0.166 e. The van der Waals surface area contributed by atoms with Crippen molar-refractivity contribution in [2.75, 3.05) is 0 Å². The number of hydrogen-bond acceptors (Lipinski definition) is 2. The highest BCUT2D eigenvalue weighted by atomic mass is 19.1. The number of halogens is 1. The van der Waals surface area contributed by atoms with Crippen LogP contribution in [0.3, 0.4) is 0 Å². The summed E-state index contributed by atoms with van der Waals surface area (Å²) in [5, 5.41) is 17.1. The third kappa shape index (κ3) is 0.690. The minimum atomic E-state index is -1.05. The first-order valence-electron chi connectivity index (χ1n) is 2.47. The molecule has 8 heavy (non-hydrogen) atoms. The van der Waals surface area contributed by atoms with Crippen LogP contribution in [0.4, 0.5) is 4.39 Å². The summed E-state index contributed by atoms with van der Waals surface area (Å²) in [6.07, 6.45) is -0.458. The lowest BCUT2D eigenvalue weighted by molar-refractivity contribution is 0.185. The van der Waals surface area contributed by atoms with Crippen LogP contribution in [0.5, 0.6) is 0 Å². The molecule has 1 rings (SSSR count). The third-order valence-electron chi connectivity index (χ3n) is 1.22. The van der Waals surface area contributed by atoms with Gasteiger partial charge < -0.3 is 10.2 Å². The number of hydrogen-bond donors (Lipinski definition) is 2. The van der Waals surface area contributed by atoms with Gasteiger partial charge in [0.2, 0.25) is 0 Å². The van der Waals surface area contributed by atoms with Gasteiger partial charge in [-0.15, -0.1) is 0 Å². The summed E-state index contributed by atoms with van der Waals surface area (Å²) in [5.74, 6) is -1.05. The van der Waals surface area contributed by atoms with Crippen LogP contribution in [0.2, 0.25) is 0 Å². The molecular weight excluding hydrogens is 111 g/mol. The summed E-state index contributed by atoms with van der Waals surface area (Å²) in [7, 11) is 0. The van der Waals surface area contributed by atoms with E-state index >= 15 is 0 Å². The minimum absolute atomic E-state index is 0.271. The van der Waals surface area contributed by atoms with E-state index in [0.29, 0.717) is 6.42 Å². The third-order valence-corrected chi connectivity index (χ3v) is 1.22. The zero-order valence-electron chi connectivity index (χ0n) is 4.26. The van der Waals surface area contributed by atoms with E-state index in [9.17, 15) is 4.39 Å². The molecule has 0 saturated carbocycles. The zero-order valence-corrected chi connectivity index (χ0v) is 4.26. The van der Waals surface area contributed by atoms with Gasteiger partial charge >= 0.3 is 0 Å².